The maximum atomic E-state index is 12.7. The van der Waals surface area contributed by atoms with Gasteiger partial charge in [-0.05, 0) is 26.7 Å². The SMILES string of the molecule is Cc1nc(-c2ccccc2)sc1[C@@H](C)N(C)C(=O)[C@@H]1CC[C@H](C(=O)O)O1. The summed E-state index contributed by atoms with van der Waals surface area (Å²) < 4.78 is 5.39. The van der Waals surface area contributed by atoms with E-state index in [1.165, 1.54) is 0 Å². The fourth-order valence-electron chi connectivity index (χ4n) is 3.09. The van der Waals surface area contributed by atoms with Crippen molar-refractivity contribution in [3.63, 3.8) is 0 Å². The number of carboxylic acid groups (broad SMARTS) is 1. The molecule has 3 rings (SSSR count). The maximum Gasteiger partial charge on any atom is 0.332 e. The number of carbonyl (C=O) groups is 2. The van der Waals surface area contributed by atoms with Crippen LogP contribution in [-0.2, 0) is 14.3 Å². The van der Waals surface area contributed by atoms with E-state index in [1.54, 1.807) is 23.3 Å². The van der Waals surface area contributed by atoms with E-state index in [4.69, 9.17) is 9.84 Å². The Bertz CT molecular complexity index is 805. The summed E-state index contributed by atoms with van der Waals surface area (Å²) in [5.41, 5.74) is 1.95. The molecule has 1 aromatic heterocycles. The van der Waals surface area contributed by atoms with Crippen LogP contribution in [0, 0.1) is 6.92 Å². The van der Waals surface area contributed by atoms with E-state index in [0.717, 1.165) is 21.1 Å². The molecule has 0 radical (unpaired) electrons. The Morgan fingerprint density at radius 2 is 1.92 bits per heavy atom. The molecule has 0 spiro atoms. The molecule has 0 bridgehead atoms. The van der Waals surface area contributed by atoms with Gasteiger partial charge in [-0.25, -0.2) is 9.78 Å². The van der Waals surface area contributed by atoms with Gasteiger partial charge in [-0.15, -0.1) is 11.3 Å². The van der Waals surface area contributed by atoms with Gasteiger partial charge in [0.1, 0.15) is 11.1 Å². The van der Waals surface area contributed by atoms with E-state index in [0.29, 0.717) is 12.8 Å². The topological polar surface area (TPSA) is 79.7 Å². The van der Waals surface area contributed by atoms with Crippen molar-refractivity contribution >= 4 is 23.2 Å². The van der Waals surface area contributed by atoms with Gasteiger partial charge in [0.05, 0.1) is 16.6 Å². The van der Waals surface area contributed by atoms with Crippen LogP contribution >= 0.6 is 11.3 Å². The van der Waals surface area contributed by atoms with Crippen LogP contribution in [0.25, 0.3) is 10.6 Å². The van der Waals surface area contributed by atoms with Gasteiger partial charge in [0.15, 0.2) is 6.10 Å². The first kappa shape index (κ1) is 18.5. The minimum Gasteiger partial charge on any atom is -0.479 e. The molecule has 1 aliphatic rings. The van der Waals surface area contributed by atoms with Crippen molar-refractivity contribution in [2.75, 3.05) is 7.05 Å². The number of carbonyl (C=O) groups excluding carboxylic acids is 1. The second-order valence-corrected chi connectivity index (χ2v) is 7.52. The van der Waals surface area contributed by atoms with Crippen LogP contribution in [0.4, 0.5) is 0 Å². The van der Waals surface area contributed by atoms with Gasteiger partial charge in [-0.2, -0.15) is 0 Å². The quantitative estimate of drug-likeness (QED) is 0.869. The summed E-state index contributed by atoms with van der Waals surface area (Å²) in [7, 11) is 1.73. The molecule has 3 atom stereocenters. The minimum atomic E-state index is -1.01. The van der Waals surface area contributed by atoms with Gasteiger partial charge in [0.25, 0.3) is 5.91 Å². The highest BCUT2D eigenvalue weighted by Gasteiger charge is 2.37. The monoisotopic (exact) mass is 374 g/mol. The second kappa shape index (κ2) is 7.55. The van der Waals surface area contributed by atoms with Crippen LogP contribution < -0.4 is 0 Å². The number of aromatic nitrogens is 1. The molecular formula is C19H22N2O4S. The molecule has 2 heterocycles. The molecule has 138 valence electrons. The predicted octanol–water partition coefficient (Wildman–Crippen LogP) is 3.27. The summed E-state index contributed by atoms with van der Waals surface area (Å²) in [6.45, 7) is 3.90. The number of aryl methyl sites for hydroxylation is 1. The Labute approximate surface area is 156 Å². The smallest absolute Gasteiger partial charge is 0.332 e. The highest BCUT2D eigenvalue weighted by molar-refractivity contribution is 7.15. The largest absolute Gasteiger partial charge is 0.479 e. The molecule has 1 aliphatic heterocycles. The number of nitrogens with zero attached hydrogens (tertiary/aromatic N) is 2. The first-order valence-corrected chi connectivity index (χ1v) is 9.37. The number of ether oxygens (including phenoxy) is 1. The van der Waals surface area contributed by atoms with Crippen molar-refractivity contribution in [2.45, 2.75) is 44.9 Å². The molecule has 1 aromatic carbocycles. The molecule has 26 heavy (non-hydrogen) atoms. The lowest BCUT2D eigenvalue weighted by Crippen LogP contribution is -2.38. The van der Waals surface area contributed by atoms with Crippen molar-refractivity contribution in [1.82, 2.24) is 9.88 Å². The average molecular weight is 374 g/mol. The van der Waals surface area contributed by atoms with E-state index < -0.39 is 18.2 Å². The average Bonchev–Trinajstić information content (AvgIpc) is 3.28. The number of rotatable bonds is 5. The summed E-state index contributed by atoms with van der Waals surface area (Å²) in [6.07, 6.45) is -0.775. The van der Waals surface area contributed by atoms with Crippen LogP contribution in [0.5, 0.6) is 0 Å². The Kier molecular flexibility index (Phi) is 5.38. The summed E-state index contributed by atoms with van der Waals surface area (Å²) in [6, 6.07) is 9.78. The van der Waals surface area contributed by atoms with E-state index in [1.807, 2.05) is 44.2 Å². The molecule has 2 aromatic rings. The second-order valence-electron chi connectivity index (χ2n) is 6.49. The molecule has 1 fully saturated rings. The van der Waals surface area contributed by atoms with Crippen molar-refractivity contribution in [2.24, 2.45) is 0 Å². The molecule has 1 N–H and O–H groups in total. The van der Waals surface area contributed by atoms with Crippen molar-refractivity contribution < 1.29 is 19.4 Å². The molecule has 6 nitrogen and oxygen atoms in total. The van der Waals surface area contributed by atoms with Crippen LogP contribution in [0.1, 0.15) is 36.4 Å². The zero-order valence-corrected chi connectivity index (χ0v) is 15.8. The number of carboxylic acids is 1. The Balaban J connectivity index is 1.74. The molecular weight excluding hydrogens is 352 g/mol. The molecule has 1 amide bonds. The lowest BCUT2D eigenvalue weighted by Gasteiger charge is -2.27. The van der Waals surface area contributed by atoms with Crippen LogP contribution in [0.15, 0.2) is 30.3 Å². The van der Waals surface area contributed by atoms with Gasteiger partial charge < -0.3 is 14.7 Å². The highest BCUT2D eigenvalue weighted by Crippen LogP contribution is 2.34. The molecule has 0 saturated carbocycles. The number of hydrogen-bond donors (Lipinski definition) is 1. The third-order valence-electron chi connectivity index (χ3n) is 4.73. The lowest BCUT2D eigenvalue weighted by molar-refractivity contribution is -0.155. The Morgan fingerprint density at radius 1 is 1.27 bits per heavy atom. The van der Waals surface area contributed by atoms with E-state index >= 15 is 0 Å². The number of benzene rings is 1. The Morgan fingerprint density at radius 3 is 2.54 bits per heavy atom. The highest BCUT2D eigenvalue weighted by atomic mass is 32.1. The van der Waals surface area contributed by atoms with Crippen molar-refractivity contribution in [3.05, 3.63) is 40.9 Å². The van der Waals surface area contributed by atoms with Gasteiger partial charge in [0, 0.05) is 12.6 Å². The zero-order chi connectivity index (χ0) is 18.8. The van der Waals surface area contributed by atoms with Gasteiger partial charge >= 0.3 is 5.97 Å². The van der Waals surface area contributed by atoms with E-state index in [-0.39, 0.29) is 11.9 Å². The third kappa shape index (κ3) is 3.64. The predicted molar refractivity (Wildman–Crippen MR) is 99.0 cm³/mol. The molecule has 0 aliphatic carbocycles. The van der Waals surface area contributed by atoms with E-state index in [2.05, 4.69) is 4.98 Å². The minimum absolute atomic E-state index is 0.162. The maximum absolute atomic E-state index is 12.7. The van der Waals surface area contributed by atoms with Crippen LogP contribution in [0.3, 0.4) is 0 Å². The molecule has 1 saturated heterocycles. The fraction of sp³-hybridized carbons (Fsp3) is 0.421. The summed E-state index contributed by atoms with van der Waals surface area (Å²) in [4.78, 5) is 31.0. The molecule has 0 unspecified atom stereocenters. The lowest BCUT2D eigenvalue weighted by atomic mass is 10.1. The summed E-state index contributed by atoms with van der Waals surface area (Å²) in [5, 5.41) is 9.95. The van der Waals surface area contributed by atoms with Crippen LogP contribution in [-0.4, -0.2) is 46.1 Å². The van der Waals surface area contributed by atoms with Crippen molar-refractivity contribution in [1.29, 1.82) is 0 Å². The third-order valence-corrected chi connectivity index (χ3v) is 6.11. The number of thiazole rings is 1. The standard InChI is InChI=1S/C19H22N2O4S/c1-11-16(26-17(20-11)13-7-5-4-6-8-13)12(2)21(3)18(22)14-9-10-15(25-14)19(23)24/h4-8,12,14-15H,9-10H2,1-3H3,(H,23,24)/t12-,14+,15-/m1/s1. The Hall–Kier alpha value is -2.25. The first-order valence-electron chi connectivity index (χ1n) is 8.56. The number of aliphatic carboxylic acids is 1. The fourth-order valence-corrected chi connectivity index (χ4v) is 4.26. The number of hydrogen-bond acceptors (Lipinski definition) is 5. The molecule has 7 heteroatoms. The van der Waals surface area contributed by atoms with Gasteiger partial charge in [-0.1, -0.05) is 30.3 Å². The normalized spacial score (nSPS) is 20.7. The van der Waals surface area contributed by atoms with Gasteiger partial charge in [0.2, 0.25) is 0 Å². The number of amides is 1. The van der Waals surface area contributed by atoms with Crippen molar-refractivity contribution in [3.8, 4) is 10.6 Å². The summed E-state index contributed by atoms with van der Waals surface area (Å²) >= 11 is 1.57. The van der Waals surface area contributed by atoms with Gasteiger partial charge in [-0.3, -0.25) is 4.79 Å². The summed E-state index contributed by atoms with van der Waals surface area (Å²) in [5.74, 6) is -1.20. The first-order chi connectivity index (χ1) is 12.4. The van der Waals surface area contributed by atoms with Crippen LogP contribution in [0.2, 0.25) is 0 Å². The number of likely N-dealkylation sites (N-methyl/N-ethyl adjacent to an activating group) is 1. The zero-order valence-electron chi connectivity index (χ0n) is 15.0. The van der Waals surface area contributed by atoms with E-state index in [9.17, 15) is 9.59 Å².